The summed E-state index contributed by atoms with van der Waals surface area (Å²) in [6, 6.07) is 3.71. The van der Waals surface area contributed by atoms with Gasteiger partial charge in [-0.2, -0.15) is 0 Å². The summed E-state index contributed by atoms with van der Waals surface area (Å²) < 4.78 is 10.3. The molecule has 132 valence electrons. The van der Waals surface area contributed by atoms with Crippen LogP contribution in [0.3, 0.4) is 0 Å². The van der Waals surface area contributed by atoms with Gasteiger partial charge in [-0.3, -0.25) is 19.7 Å². The van der Waals surface area contributed by atoms with Crippen LogP contribution in [0.5, 0.6) is 5.75 Å². The van der Waals surface area contributed by atoms with Crippen molar-refractivity contribution in [3.8, 4) is 5.75 Å². The van der Waals surface area contributed by atoms with E-state index < -0.39 is 16.7 Å². The largest absolute Gasteiger partial charge is 0.495 e. The van der Waals surface area contributed by atoms with Crippen molar-refractivity contribution in [1.29, 1.82) is 0 Å². The van der Waals surface area contributed by atoms with Crippen LogP contribution in [-0.4, -0.2) is 43.1 Å². The molecule has 24 heavy (non-hydrogen) atoms. The van der Waals surface area contributed by atoms with Crippen LogP contribution in [0.1, 0.15) is 20.3 Å². The van der Waals surface area contributed by atoms with Crippen molar-refractivity contribution in [3.63, 3.8) is 0 Å². The summed E-state index contributed by atoms with van der Waals surface area (Å²) >= 11 is 0. The molecule has 0 aliphatic heterocycles. The van der Waals surface area contributed by atoms with Gasteiger partial charge in [-0.25, -0.2) is 0 Å². The fourth-order valence-electron chi connectivity index (χ4n) is 1.76. The van der Waals surface area contributed by atoms with E-state index in [1.165, 1.54) is 19.2 Å². The number of non-ortho nitro benzene ring substituents is 1. The van der Waals surface area contributed by atoms with E-state index in [1.54, 1.807) is 0 Å². The molecule has 0 fully saturated rings. The second-order valence-corrected chi connectivity index (χ2v) is 5.12. The van der Waals surface area contributed by atoms with Crippen LogP contribution in [0.25, 0.3) is 0 Å². The lowest BCUT2D eigenvalue weighted by atomic mass is 10.2. The molecule has 2 N–H and O–H groups in total. The molecule has 2 amide bonds. The van der Waals surface area contributed by atoms with Gasteiger partial charge in [0.1, 0.15) is 5.75 Å². The van der Waals surface area contributed by atoms with Crippen molar-refractivity contribution in [2.45, 2.75) is 26.4 Å². The second kappa shape index (κ2) is 9.46. The first-order valence-corrected chi connectivity index (χ1v) is 7.38. The number of methoxy groups -OCH3 is 1. The first kappa shape index (κ1) is 19.4. The summed E-state index contributed by atoms with van der Waals surface area (Å²) in [5, 5.41) is 15.5. The normalized spacial score (nSPS) is 10.3. The summed E-state index contributed by atoms with van der Waals surface area (Å²) in [6.07, 6.45) is 0.669. The Kier molecular flexibility index (Phi) is 7.63. The number of benzene rings is 1. The number of carbonyl (C=O) groups excluding carboxylic acids is 2. The van der Waals surface area contributed by atoms with E-state index in [0.717, 1.165) is 6.07 Å². The molecule has 0 aliphatic carbocycles. The van der Waals surface area contributed by atoms with Gasteiger partial charge >= 0.3 is 11.8 Å². The Labute approximate surface area is 139 Å². The van der Waals surface area contributed by atoms with Gasteiger partial charge < -0.3 is 20.1 Å². The quantitative estimate of drug-likeness (QED) is 0.320. The Balaban J connectivity index is 2.58. The molecule has 0 radical (unpaired) electrons. The maximum absolute atomic E-state index is 11.9. The molecule has 0 spiro atoms. The van der Waals surface area contributed by atoms with Crippen molar-refractivity contribution in [2.24, 2.45) is 0 Å². The molecule has 0 heterocycles. The van der Waals surface area contributed by atoms with Gasteiger partial charge in [0.05, 0.1) is 23.8 Å². The minimum Gasteiger partial charge on any atom is -0.495 e. The molecule has 0 unspecified atom stereocenters. The van der Waals surface area contributed by atoms with Crippen LogP contribution in [0, 0.1) is 10.1 Å². The predicted octanol–water partition coefficient (Wildman–Crippen LogP) is 1.47. The van der Waals surface area contributed by atoms with Gasteiger partial charge in [0.25, 0.3) is 5.69 Å². The zero-order valence-corrected chi connectivity index (χ0v) is 13.8. The zero-order valence-electron chi connectivity index (χ0n) is 13.8. The Bertz CT molecular complexity index is 603. The number of carbonyl (C=O) groups is 2. The first-order valence-electron chi connectivity index (χ1n) is 7.38. The third-order valence-corrected chi connectivity index (χ3v) is 2.91. The number of nitro benzene ring substituents is 1. The molecule has 1 rings (SSSR count). The third-order valence-electron chi connectivity index (χ3n) is 2.91. The van der Waals surface area contributed by atoms with Crippen molar-refractivity contribution >= 4 is 23.2 Å². The van der Waals surface area contributed by atoms with Gasteiger partial charge in [0, 0.05) is 25.3 Å². The summed E-state index contributed by atoms with van der Waals surface area (Å²) in [7, 11) is 1.35. The van der Waals surface area contributed by atoms with E-state index in [4.69, 9.17) is 9.47 Å². The number of rotatable bonds is 8. The number of ether oxygens (including phenoxy) is 2. The fraction of sp³-hybridized carbons (Fsp3) is 0.467. The number of amides is 2. The number of nitrogens with one attached hydrogen (secondary N) is 2. The van der Waals surface area contributed by atoms with E-state index >= 15 is 0 Å². The maximum atomic E-state index is 11.9. The van der Waals surface area contributed by atoms with E-state index in [0.29, 0.717) is 13.0 Å². The highest BCUT2D eigenvalue weighted by Crippen LogP contribution is 2.28. The van der Waals surface area contributed by atoms with E-state index in [-0.39, 0.29) is 29.8 Å². The monoisotopic (exact) mass is 339 g/mol. The smallest absolute Gasteiger partial charge is 0.313 e. The topological polar surface area (TPSA) is 120 Å². The van der Waals surface area contributed by atoms with Crippen LogP contribution in [-0.2, 0) is 14.3 Å². The van der Waals surface area contributed by atoms with Crippen LogP contribution >= 0.6 is 0 Å². The van der Waals surface area contributed by atoms with Gasteiger partial charge in [-0.15, -0.1) is 0 Å². The highest BCUT2D eigenvalue weighted by molar-refractivity contribution is 6.39. The number of anilines is 1. The molecule has 0 saturated carbocycles. The van der Waals surface area contributed by atoms with Gasteiger partial charge in [0.2, 0.25) is 0 Å². The average molecular weight is 339 g/mol. The molecule has 1 aromatic carbocycles. The van der Waals surface area contributed by atoms with Crippen molar-refractivity contribution < 1.29 is 24.0 Å². The molecule has 9 heteroatoms. The van der Waals surface area contributed by atoms with Crippen molar-refractivity contribution in [3.05, 3.63) is 28.3 Å². The second-order valence-electron chi connectivity index (χ2n) is 5.12. The van der Waals surface area contributed by atoms with Crippen LogP contribution in [0.15, 0.2) is 18.2 Å². The molecule has 0 saturated heterocycles. The highest BCUT2D eigenvalue weighted by atomic mass is 16.6. The van der Waals surface area contributed by atoms with Crippen LogP contribution in [0.2, 0.25) is 0 Å². The molecular formula is C15H21N3O6. The third kappa shape index (κ3) is 6.21. The van der Waals surface area contributed by atoms with Gasteiger partial charge in [-0.05, 0) is 26.3 Å². The van der Waals surface area contributed by atoms with Gasteiger partial charge in [-0.1, -0.05) is 0 Å². The molecule has 0 atom stereocenters. The van der Waals surface area contributed by atoms with Crippen LogP contribution in [0.4, 0.5) is 11.4 Å². The number of hydrogen-bond acceptors (Lipinski definition) is 6. The summed E-state index contributed by atoms with van der Waals surface area (Å²) in [5.74, 6) is -1.56. The molecule has 0 aromatic heterocycles. The van der Waals surface area contributed by atoms with Crippen LogP contribution < -0.4 is 15.4 Å². The lowest BCUT2D eigenvalue weighted by Crippen LogP contribution is -2.36. The lowest BCUT2D eigenvalue weighted by molar-refractivity contribution is -0.384. The number of nitrogens with zero attached hydrogens (tertiary/aromatic N) is 1. The Morgan fingerprint density at radius 1 is 1.29 bits per heavy atom. The average Bonchev–Trinajstić information content (AvgIpc) is 2.53. The van der Waals surface area contributed by atoms with E-state index in [2.05, 4.69) is 10.6 Å². The summed E-state index contributed by atoms with van der Waals surface area (Å²) in [5.41, 5.74) is -0.174. The molecule has 0 aliphatic rings. The SMILES string of the molecule is COc1ccc([N+](=O)[O-])cc1NC(=O)C(=O)NCCCOC(C)C. The Morgan fingerprint density at radius 2 is 2.00 bits per heavy atom. The Hall–Kier alpha value is -2.68. The molecule has 9 nitrogen and oxygen atoms in total. The summed E-state index contributed by atoms with van der Waals surface area (Å²) in [4.78, 5) is 33.8. The van der Waals surface area contributed by atoms with Crippen molar-refractivity contribution in [2.75, 3.05) is 25.6 Å². The first-order chi connectivity index (χ1) is 11.3. The predicted molar refractivity (Wildman–Crippen MR) is 87.0 cm³/mol. The maximum Gasteiger partial charge on any atom is 0.313 e. The number of nitro groups is 1. The standard InChI is InChI=1S/C15H21N3O6/c1-10(2)24-8-4-7-16-14(19)15(20)17-12-9-11(18(21)22)5-6-13(12)23-3/h5-6,9-10H,4,7-8H2,1-3H3,(H,16,19)(H,17,20). The minimum absolute atomic E-state index is 0.0509. The fourth-order valence-corrected chi connectivity index (χ4v) is 1.76. The molecular weight excluding hydrogens is 318 g/mol. The summed E-state index contributed by atoms with van der Waals surface area (Å²) in [6.45, 7) is 4.56. The Morgan fingerprint density at radius 3 is 2.58 bits per heavy atom. The van der Waals surface area contributed by atoms with Crippen molar-refractivity contribution in [1.82, 2.24) is 5.32 Å². The molecule has 1 aromatic rings. The minimum atomic E-state index is -0.932. The molecule has 0 bridgehead atoms. The lowest BCUT2D eigenvalue weighted by Gasteiger charge is -2.10. The highest BCUT2D eigenvalue weighted by Gasteiger charge is 2.18. The van der Waals surface area contributed by atoms with E-state index in [1.807, 2.05) is 13.8 Å². The zero-order chi connectivity index (χ0) is 18.1. The van der Waals surface area contributed by atoms with E-state index in [9.17, 15) is 19.7 Å². The van der Waals surface area contributed by atoms with Gasteiger partial charge in [0.15, 0.2) is 0 Å². The number of hydrogen-bond donors (Lipinski definition) is 2.